The third-order valence-corrected chi connectivity index (χ3v) is 4.30. The molecule has 2 aromatic carbocycles. The summed E-state index contributed by atoms with van der Waals surface area (Å²) in [6.45, 7) is 4.67. The molecule has 0 amide bonds. The first-order chi connectivity index (χ1) is 8.58. The molecule has 0 bridgehead atoms. The lowest BCUT2D eigenvalue weighted by Gasteiger charge is -2.19. The number of hydrogen-bond donors (Lipinski definition) is 0. The highest BCUT2D eigenvalue weighted by Crippen LogP contribution is 2.48. The highest BCUT2D eigenvalue weighted by Gasteiger charge is 2.36. The third-order valence-electron chi connectivity index (χ3n) is 4.05. The first-order valence-electron chi connectivity index (χ1n) is 6.43. The van der Waals surface area contributed by atoms with Gasteiger partial charge in [0.2, 0.25) is 0 Å². The van der Waals surface area contributed by atoms with E-state index in [1.807, 2.05) is 12.1 Å². The predicted octanol–water partition coefficient (Wildman–Crippen LogP) is 5.15. The molecule has 18 heavy (non-hydrogen) atoms. The second-order valence-corrected chi connectivity index (χ2v) is 6.22. The zero-order valence-electron chi connectivity index (χ0n) is 10.8. The van der Waals surface area contributed by atoms with Gasteiger partial charge in [-0.3, -0.25) is 0 Å². The summed E-state index contributed by atoms with van der Waals surface area (Å²) in [6, 6.07) is 17.1. The largest absolute Gasteiger partial charge is 0.0843 e. The summed E-state index contributed by atoms with van der Waals surface area (Å²) < 4.78 is 0. The Labute approximate surface area is 114 Å². The minimum Gasteiger partial charge on any atom is -0.0843 e. The molecule has 3 rings (SSSR count). The monoisotopic (exact) mass is 256 g/mol. The van der Waals surface area contributed by atoms with Crippen molar-refractivity contribution in [3.8, 4) is 0 Å². The molecule has 1 atom stereocenters. The predicted molar refractivity (Wildman–Crippen MR) is 77.4 cm³/mol. The molecular formula is C17H17Cl. The van der Waals surface area contributed by atoms with Crippen LogP contribution >= 0.6 is 11.6 Å². The number of hydrogen-bond acceptors (Lipinski definition) is 0. The summed E-state index contributed by atoms with van der Waals surface area (Å²) in [5, 5.41) is 0.810. The molecule has 0 radical (unpaired) electrons. The summed E-state index contributed by atoms with van der Waals surface area (Å²) in [5.41, 5.74) is 4.60. The van der Waals surface area contributed by atoms with E-state index in [9.17, 15) is 0 Å². The molecule has 0 heterocycles. The zero-order chi connectivity index (χ0) is 12.8. The van der Waals surface area contributed by atoms with Gasteiger partial charge in [-0.1, -0.05) is 61.8 Å². The van der Waals surface area contributed by atoms with Crippen LogP contribution in [-0.2, 0) is 5.41 Å². The quantitative estimate of drug-likeness (QED) is 0.662. The van der Waals surface area contributed by atoms with Crippen molar-refractivity contribution in [1.29, 1.82) is 0 Å². The Morgan fingerprint density at radius 1 is 1.00 bits per heavy atom. The normalized spacial score (nSPS) is 20.7. The summed E-state index contributed by atoms with van der Waals surface area (Å²) in [6.07, 6.45) is 1.17. The molecule has 1 unspecified atom stereocenters. The van der Waals surface area contributed by atoms with E-state index < -0.39 is 0 Å². The second kappa shape index (κ2) is 4.13. The van der Waals surface area contributed by atoms with E-state index in [1.54, 1.807) is 0 Å². The molecule has 0 nitrogen and oxygen atoms in total. The van der Waals surface area contributed by atoms with Crippen LogP contribution in [0, 0.1) is 0 Å². The molecule has 0 N–H and O–H groups in total. The number of fused-ring (bicyclic) bond motifs is 1. The van der Waals surface area contributed by atoms with Gasteiger partial charge in [0.05, 0.1) is 0 Å². The van der Waals surface area contributed by atoms with Crippen LogP contribution in [0.3, 0.4) is 0 Å². The lowest BCUT2D eigenvalue weighted by Crippen LogP contribution is -2.12. The minimum absolute atomic E-state index is 0.265. The van der Waals surface area contributed by atoms with E-state index >= 15 is 0 Å². The van der Waals surface area contributed by atoms with Crippen molar-refractivity contribution >= 4 is 11.6 Å². The SMILES string of the molecule is CC1(C)CC(c2ccc(Cl)cc2)c2ccccc21. The van der Waals surface area contributed by atoms with Crippen molar-refractivity contribution in [2.75, 3.05) is 0 Å². The number of rotatable bonds is 1. The fourth-order valence-electron chi connectivity index (χ4n) is 3.14. The van der Waals surface area contributed by atoms with Gasteiger partial charge in [-0.2, -0.15) is 0 Å². The van der Waals surface area contributed by atoms with Crippen LogP contribution in [0.2, 0.25) is 5.02 Å². The number of halogens is 1. The molecule has 1 aliphatic rings. The molecule has 0 saturated heterocycles. The average molecular weight is 257 g/mol. The molecule has 2 aromatic rings. The molecule has 1 heteroatoms. The van der Waals surface area contributed by atoms with Crippen LogP contribution in [0.25, 0.3) is 0 Å². The van der Waals surface area contributed by atoms with Crippen molar-refractivity contribution in [3.63, 3.8) is 0 Å². The van der Waals surface area contributed by atoms with Crippen LogP contribution in [0.15, 0.2) is 48.5 Å². The van der Waals surface area contributed by atoms with Crippen LogP contribution < -0.4 is 0 Å². The first kappa shape index (κ1) is 11.8. The smallest absolute Gasteiger partial charge is 0.0406 e. The maximum atomic E-state index is 5.97. The highest BCUT2D eigenvalue weighted by atomic mass is 35.5. The lowest BCUT2D eigenvalue weighted by molar-refractivity contribution is 0.499. The van der Waals surface area contributed by atoms with E-state index in [0.29, 0.717) is 5.92 Å². The second-order valence-electron chi connectivity index (χ2n) is 5.78. The molecule has 0 fully saturated rings. The van der Waals surface area contributed by atoms with Crippen LogP contribution in [0.4, 0.5) is 0 Å². The molecule has 0 spiro atoms. The zero-order valence-corrected chi connectivity index (χ0v) is 11.5. The van der Waals surface area contributed by atoms with Gasteiger partial charge in [-0.25, -0.2) is 0 Å². The Bertz CT molecular complexity index is 566. The Morgan fingerprint density at radius 3 is 2.39 bits per heavy atom. The lowest BCUT2D eigenvalue weighted by atomic mass is 9.85. The topological polar surface area (TPSA) is 0 Å². The van der Waals surface area contributed by atoms with E-state index in [-0.39, 0.29) is 5.41 Å². The number of benzene rings is 2. The van der Waals surface area contributed by atoms with Crippen LogP contribution in [0.5, 0.6) is 0 Å². The summed E-state index contributed by atoms with van der Waals surface area (Å²) in [7, 11) is 0. The summed E-state index contributed by atoms with van der Waals surface area (Å²) >= 11 is 5.97. The van der Waals surface area contributed by atoms with E-state index in [1.165, 1.54) is 23.1 Å². The molecule has 0 aliphatic heterocycles. The summed E-state index contributed by atoms with van der Waals surface area (Å²) in [4.78, 5) is 0. The van der Waals surface area contributed by atoms with Crippen LogP contribution in [-0.4, -0.2) is 0 Å². The van der Waals surface area contributed by atoms with Gasteiger partial charge in [0.15, 0.2) is 0 Å². The molecule has 1 aliphatic carbocycles. The van der Waals surface area contributed by atoms with Gasteiger partial charge in [-0.05, 0) is 40.7 Å². The first-order valence-corrected chi connectivity index (χ1v) is 6.80. The maximum absolute atomic E-state index is 5.97. The van der Waals surface area contributed by atoms with Gasteiger partial charge in [0.25, 0.3) is 0 Å². The fourth-order valence-corrected chi connectivity index (χ4v) is 3.27. The van der Waals surface area contributed by atoms with Gasteiger partial charge >= 0.3 is 0 Å². The Hall–Kier alpha value is -1.27. The van der Waals surface area contributed by atoms with Crippen molar-refractivity contribution in [2.24, 2.45) is 0 Å². The van der Waals surface area contributed by atoms with Gasteiger partial charge in [0.1, 0.15) is 0 Å². The van der Waals surface area contributed by atoms with Gasteiger partial charge in [0, 0.05) is 10.9 Å². The van der Waals surface area contributed by atoms with Crippen LogP contribution in [0.1, 0.15) is 42.9 Å². The molecular weight excluding hydrogens is 240 g/mol. The average Bonchev–Trinajstić information content (AvgIpc) is 2.63. The third kappa shape index (κ3) is 1.85. The van der Waals surface area contributed by atoms with E-state index in [4.69, 9.17) is 11.6 Å². The highest BCUT2D eigenvalue weighted by molar-refractivity contribution is 6.30. The van der Waals surface area contributed by atoms with Crippen molar-refractivity contribution < 1.29 is 0 Å². The van der Waals surface area contributed by atoms with Crippen molar-refractivity contribution in [3.05, 3.63) is 70.2 Å². The maximum Gasteiger partial charge on any atom is 0.0406 e. The van der Waals surface area contributed by atoms with Gasteiger partial charge in [-0.15, -0.1) is 0 Å². The van der Waals surface area contributed by atoms with Crippen molar-refractivity contribution in [1.82, 2.24) is 0 Å². The Kier molecular flexibility index (Phi) is 2.71. The van der Waals surface area contributed by atoms with E-state index in [0.717, 1.165) is 5.02 Å². The standard InChI is InChI=1S/C17H17Cl/c1-17(2)11-15(12-7-9-13(18)10-8-12)14-5-3-4-6-16(14)17/h3-10,15H,11H2,1-2H3. The Balaban J connectivity index is 2.08. The molecule has 0 saturated carbocycles. The summed E-state index contributed by atoms with van der Waals surface area (Å²) in [5.74, 6) is 0.508. The fraction of sp³-hybridized carbons (Fsp3) is 0.294. The Morgan fingerprint density at radius 2 is 1.67 bits per heavy atom. The van der Waals surface area contributed by atoms with E-state index in [2.05, 4.69) is 50.2 Å². The minimum atomic E-state index is 0.265. The molecule has 92 valence electrons. The molecule has 0 aromatic heterocycles. The van der Waals surface area contributed by atoms with Crippen molar-refractivity contribution in [2.45, 2.75) is 31.6 Å². The van der Waals surface area contributed by atoms with Gasteiger partial charge < -0.3 is 0 Å².